The standard InChI is InChI=1S/C14H16N4O/c15-10-1-3-11-12(4-2-10)17-13(18-14(11)19)9-5-7-16-8-6-9/h5-8,10H,1-4,15H2,(H,17,18,19)/t10-/m1/s1. The first-order chi connectivity index (χ1) is 9.24. The molecule has 2 heterocycles. The van der Waals surface area contributed by atoms with Gasteiger partial charge < -0.3 is 10.7 Å². The Kier molecular flexibility index (Phi) is 3.13. The van der Waals surface area contributed by atoms with Gasteiger partial charge in [-0.1, -0.05) is 0 Å². The van der Waals surface area contributed by atoms with Gasteiger partial charge in [-0.2, -0.15) is 0 Å². The van der Waals surface area contributed by atoms with Crippen molar-refractivity contribution < 1.29 is 0 Å². The third-order valence-electron chi connectivity index (χ3n) is 3.57. The van der Waals surface area contributed by atoms with E-state index < -0.39 is 0 Å². The Labute approximate surface area is 110 Å². The zero-order valence-electron chi connectivity index (χ0n) is 10.6. The van der Waals surface area contributed by atoms with Crippen LogP contribution >= 0.6 is 0 Å². The van der Waals surface area contributed by atoms with E-state index in [1.54, 1.807) is 12.4 Å². The fraction of sp³-hybridized carbons (Fsp3) is 0.357. The first-order valence-electron chi connectivity index (χ1n) is 6.52. The van der Waals surface area contributed by atoms with Crippen LogP contribution in [-0.2, 0) is 12.8 Å². The molecule has 3 rings (SSSR count). The van der Waals surface area contributed by atoms with Crippen molar-refractivity contribution >= 4 is 0 Å². The van der Waals surface area contributed by atoms with Crippen molar-refractivity contribution in [2.75, 3.05) is 0 Å². The number of aromatic nitrogens is 3. The molecule has 1 aliphatic rings. The van der Waals surface area contributed by atoms with Crippen LogP contribution in [0.4, 0.5) is 0 Å². The fourth-order valence-corrected chi connectivity index (χ4v) is 2.45. The van der Waals surface area contributed by atoms with E-state index in [2.05, 4.69) is 15.0 Å². The van der Waals surface area contributed by atoms with Crippen LogP contribution < -0.4 is 11.3 Å². The molecule has 0 aromatic carbocycles. The number of hydrogen-bond acceptors (Lipinski definition) is 4. The number of nitrogens with two attached hydrogens (primary N) is 1. The maximum absolute atomic E-state index is 12.2. The Hall–Kier alpha value is -2.01. The third-order valence-corrected chi connectivity index (χ3v) is 3.57. The minimum absolute atomic E-state index is 0.0362. The molecule has 1 atom stereocenters. The van der Waals surface area contributed by atoms with Crippen molar-refractivity contribution in [2.24, 2.45) is 5.73 Å². The van der Waals surface area contributed by atoms with Crippen molar-refractivity contribution in [3.8, 4) is 11.4 Å². The van der Waals surface area contributed by atoms with Gasteiger partial charge in [0, 0.05) is 29.6 Å². The van der Waals surface area contributed by atoms with E-state index in [0.29, 0.717) is 5.82 Å². The van der Waals surface area contributed by atoms with Crippen molar-refractivity contribution in [1.29, 1.82) is 0 Å². The first-order valence-corrected chi connectivity index (χ1v) is 6.52. The molecule has 5 nitrogen and oxygen atoms in total. The molecule has 0 unspecified atom stereocenters. The predicted molar refractivity (Wildman–Crippen MR) is 72.7 cm³/mol. The normalized spacial score (nSPS) is 18.7. The third kappa shape index (κ3) is 2.42. The highest BCUT2D eigenvalue weighted by molar-refractivity contribution is 5.53. The first kappa shape index (κ1) is 12.0. The number of H-pyrrole nitrogens is 1. The molecule has 5 heteroatoms. The summed E-state index contributed by atoms with van der Waals surface area (Å²) in [6, 6.07) is 3.85. The van der Waals surface area contributed by atoms with Crippen LogP contribution in [0.25, 0.3) is 11.4 Å². The molecular weight excluding hydrogens is 240 g/mol. The molecular formula is C14H16N4O. The summed E-state index contributed by atoms with van der Waals surface area (Å²) < 4.78 is 0. The summed E-state index contributed by atoms with van der Waals surface area (Å²) in [5.74, 6) is 0.613. The van der Waals surface area contributed by atoms with E-state index in [9.17, 15) is 4.79 Å². The summed E-state index contributed by atoms with van der Waals surface area (Å²) in [7, 11) is 0. The van der Waals surface area contributed by atoms with Crippen molar-refractivity contribution in [2.45, 2.75) is 31.7 Å². The second-order valence-corrected chi connectivity index (χ2v) is 4.91. The van der Waals surface area contributed by atoms with Crippen LogP contribution in [0.1, 0.15) is 24.1 Å². The number of aromatic amines is 1. The molecule has 98 valence electrons. The molecule has 19 heavy (non-hydrogen) atoms. The maximum atomic E-state index is 12.2. The van der Waals surface area contributed by atoms with E-state index in [0.717, 1.165) is 42.5 Å². The van der Waals surface area contributed by atoms with E-state index >= 15 is 0 Å². The fourth-order valence-electron chi connectivity index (χ4n) is 2.45. The summed E-state index contributed by atoms with van der Waals surface area (Å²) >= 11 is 0. The highest BCUT2D eigenvalue weighted by Gasteiger charge is 2.18. The predicted octanol–water partition coefficient (Wildman–Crippen LogP) is 1.04. The largest absolute Gasteiger partial charge is 0.328 e. The van der Waals surface area contributed by atoms with Crippen LogP contribution in [0.5, 0.6) is 0 Å². The molecule has 0 bridgehead atoms. The van der Waals surface area contributed by atoms with Gasteiger partial charge in [0.25, 0.3) is 5.56 Å². The maximum Gasteiger partial charge on any atom is 0.254 e. The molecule has 0 fully saturated rings. The second kappa shape index (κ2) is 4.93. The molecule has 0 spiro atoms. The molecule has 2 aromatic heterocycles. The Balaban J connectivity index is 2.07. The second-order valence-electron chi connectivity index (χ2n) is 4.91. The summed E-state index contributed by atoms with van der Waals surface area (Å²) in [5.41, 5.74) is 8.50. The van der Waals surface area contributed by atoms with Crippen LogP contribution in [-0.4, -0.2) is 21.0 Å². The lowest BCUT2D eigenvalue weighted by Gasteiger charge is -2.07. The van der Waals surface area contributed by atoms with Gasteiger partial charge in [-0.05, 0) is 37.8 Å². The molecule has 0 aliphatic heterocycles. The molecule has 1 aliphatic carbocycles. The lowest BCUT2D eigenvalue weighted by molar-refractivity contribution is 0.588. The quantitative estimate of drug-likeness (QED) is 0.746. The van der Waals surface area contributed by atoms with Crippen LogP contribution in [0.2, 0.25) is 0 Å². The highest BCUT2D eigenvalue weighted by Crippen LogP contribution is 2.18. The van der Waals surface area contributed by atoms with E-state index in [1.165, 1.54) is 0 Å². The lowest BCUT2D eigenvalue weighted by atomic mass is 10.1. The number of hydrogen-bond donors (Lipinski definition) is 2. The Bertz CT molecular complexity index is 636. The number of aryl methyl sites for hydroxylation is 1. The van der Waals surface area contributed by atoms with Crippen LogP contribution in [0, 0.1) is 0 Å². The van der Waals surface area contributed by atoms with Gasteiger partial charge in [0.15, 0.2) is 0 Å². The molecule has 0 saturated carbocycles. The molecule has 2 aromatic rings. The van der Waals surface area contributed by atoms with E-state index in [4.69, 9.17) is 5.73 Å². The molecule has 0 radical (unpaired) electrons. The lowest BCUT2D eigenvalue weighted by Crippen LogP contribution is -2.20. The van der Waals surface area contributed by atoms with Crippen molar-refractivity contribution in [3.05, 3.63) is 46.1 Å². The SMILES string of the molecule is N[C@H]1CCc2nc(-c3ccncc3)[nH]c(=O)c2CC1. The molecule has 0 saturated heterocycles. The van der Waals surface area contributed by atoms with Gasteiger partial charge in [-0.25, -0.2) is 4.98 Å². The summed E-state index contributed by atoms with van der Waals surface area (Å²) in [4.78, 5) is 23.6. The Morgan fingerprint density at radius 3 is 2.74 bits per heavy atom. The van der Waals surface area contributed by atoms with E-state index in [1.807, 2.05) is 12.1 Å². The number of nitrogens with one attached hydrogen (secondary N) is 1. The van der Waals surface area contributed by atoms with Gasteiger partial charge in [-0.3, -0.25) is 9.78 Å². The topological polar surface area (TPSA) is 84.7 Å². The Morgan fingerprint density at radius 2 is 1.95 bits per heavy atom. The highest BCUT2D eigenvalue weighted by atomic mass is 16.1. The zero-order chi connectivity index (χ0) is 13.2. The monoisotopic (exact) mass is 256 g/mol. The Morgan fingerprint density at radius 1 is 1.21 bits per heavy atom. The smallest absolute Gasteiger partial charge is 0.254 e. The number of nitrogens with zero attached hydrogens (tertiary/aromatic N) is 2. The van der Waals surface area contributed by atoms with E-state index in [-0.39, 0.29) is 11.6 Å². The van der Waals surface area contributed by atoms with Gasteiger partial charge in [0.1, 0.15) is 5.82 Å². The minimum Gasteiger partial charge on any atom is -0.328 e. The number of pyridine rings is 1. The summed E-state index contributed by atoms with van der Waals surface area (Å²) in [6.45, 7) is 0. The molecule has 0 amide bonds. The number of fused-ring (bicyclic) bond motifs is 1. The van der Waals surface area contributed by atoms with Crippen molar-refractivity contribution in [3.63, 3.8) is 0 Å². The van der Waals surface area contributed by atoms with Crippen LogP contribution in [0.3, 0.4) is 0 Å². The molecule has 3 N–H and O–H groups in total. The van der Waals surface area contributed by atoms with Gasteiger partial charge in [-0.15, -0.1) is 0 Å². The van der Waals surface area contributed by atoms with Crippen LogP contribution in [0.15, 0.2) is 29.3 Å². The van der Waals surface area contributed by atoms with Gasteiger partial charge >= 0.3 is 0 Å². The summed E-state index contributed by atoms with van der Waals surface area (Å²) in [5, 5.41) is 0. The minimum atomic E-state index is -0.0362. The van der Waals surface area contributed by atoms with Gasteiger partial charge in [0.2, 0.25) is 0 Å². The zero-order valence-corrected chi connectivity index (χ0v) is 10.6. The number of rotatable bonds is 1. The summed E-state index contributed by atoms with van der Waals surface area (Å²) in [6.07, 6.45) is 6.62. The van der Waals surface area contributed by atoms with Crippen molar-refractivity contribution in [1.82, 2.24) is 15.0 Å². The average Bonchev–Trinajstić information content (AvgIpc) is 2.62. The average molecular weight is 256 g/mol. The van der Waals surface area contributed by atoms with Gasteiger partial charge in [0.05, 0.1) is 5.69 Å².